The Morgan fingerprint density at radius 1 is 0.900 bits per heavy atom. The van der Waals surface area contributed by atoms with Gasteiger partial charge in [-0.3, -0.25) is 0 Å². The number of rotatable bonds is 4. The number of hydrogen-bond acceptors (Lipinski definition) is 2. The molecule has 0 amide bonds. The lowest BCUT2D eigenvalue weighted by Gasteiger charge is -2.21. The van der Waals surface area contributed by atoms with E-state index in [0.29, 0.717) is 0 Å². The van der Waals surface area contributed by atoms with Crippen LogP contribution in [0.1, 0.15) is 42.1 Å². The van der Waals surface area contributed by atoms with Gasteiger partial charge in [0.15, 0.2) is 0 Å². The van der Waals surface area contributed by atoms with E-state index in [4.69, 9.17) is 10.5 Å². The van der Waals surface area contributed by atoms with Crippen LogP contribution >= 0.6 is 0 Å². The standard InChI is InChI=1S/C18H23NO/c1-12(2)20-16-11-6-5-10-15(16)18(19)17-13(3)8-7-9-14(17)4/h5-12,18H,19H2,1-4H3. The molecule has 0 aliphatic rings. The highest BCUT2D eigenvalue weighted by atomic mass is 16.5. The Kier molecular flexibility index (Phi) is 4.46. The van der Waals surface area contributed by atoms with E-state index in [-0.39, 0.29) is 12.1 Å². The van der Waals surface area contributed by atoms with Gasteiger partial charge < -0.3 is 10.5 Å². The van der Waals surface area contributed by atoms with Gasteiger partial charge in [-0.25, -0.2) is 0 Å². The Labute approximate surface area is 121 Å². The van der Waals surface area contributed by atoms with Crippen molar-refractivity contribution in [3.63, 3.8) is 0 Å². The zero-order valence-electron chi connectivity index (χ0n) is 12.7. The van der Waals surface area contributed by atoms with Crippen LogP contribution in [0.5, 0.6) is 5.75 Å². The summed E-state index contributed by atoms with van der Waals surface area (Å²) in [5.41, 5.74) is 11.2. The highest BCUT2D eigenvalue weighted by molar-refractivity contribution is 5.46. The topological polar surface area (TPSA) is 35.2 Å². The van der Waals surface area contributed by atoms with Gasteiger partial charge in [0.2, 0.25) is 0 Å². The molecule has 2 aromatic rings. The molecule has 0 aliphatic carbocycles. The zero-order valence-corrected chi connectivity index (χ0v) is 12.7. The van der Waals surface area contributed by atoms with Gasteiger partial charge in [0.05, 0.1) is 12.1 Å². The lowest BCUT2D eigenvalue weighted by molar-refractivity contribution is 0.239. The minimum Gasteiger partial charge on any atom is -0.491 e. The van der Waals surface area contributed by atoms with E-state index in [2.05, 4.69) is 32.0 Å². The summed E-state index contributed by atoms with van der Waals surface area (Å²) in [6, 6.07) is 14.1. The molecule has 0 saturated heterocycles. The van der Waals surface area contributed by atoms with Gasteiger partial charge in [-0.2, -0.15) is 0 Å². The molecular formula is C18H23NO. The predicted octanol–water partition coefficient (Wildman–Crippen LogP) is 4.14. The smallest absolute Gasteiger partial charge is 0.124 e. The summed E-state index contributed by atoms with van der Waals surface area (Å²) in [6.07, 6.45) is 0.140. The summed E-state index contributed by atoms with van der Waals surface area (Å²) in [5, 5.41) is 0. The van der Waals surface area contributed by atoms with Gasteiger partial charge in [0.25, 0.3) is 0 Å². The first-order valence-corrected chi connectivity index (χ1v) is 7.08. The maximum absolute atomic E-state index is 6.51. The largest absolute Gasteiger partial charge is 0.491 e. The van der Waals surface area contributed by atoms with E-state index >= 15 is 0 Å². The number of nitrogens with two attached hydrogens (primary N) is 1. The van der Waals surface area contributed by atoms with Crippen LogP contribution in [-0.2, 0) is 0 Å². The van der Waals surface area contributed by atoms with Gasteiger partial charge in [0, 0.05) is 5.56 Å². The predicted molar refractivity (Wildman–Crippen MR) is 84.2 cm³/mol. The van der Waals surface area contributed by atoms with Crippen LogP contribution in [0.15, 0.2) is 42.5 Å². The Morgan fingerprint density at radius 2 is 1.50 bits per heavy atom. The van der Waals surface area contributed by atoms with E-state index in [1.165, 1.54) is 16.7 Å². The van der Waals surface area contributed by atoms with Crippen LogP contribution in [0.3, 0.4) is 0 Å². The summed E-state index contributed by atoms with van der Waals surface area (Å²) >= 11 is 0. The number of hydrogen-bond donors (Lipinski definition) is 1. The molecule has 0 spiro atoms. The molecule has 0 fully saturated rings. The average Bonchev–Trinajstić information content (AvgIpc) is 2.38. The highest BCUT2D eigenvalue weighted by Gasteiger charge is 2.18. The molecule has 2 nitrogen and oxygen atoms in total. The molecule has 0 bridgehead atoms. The van der Waals surface area contributed by atoms with Crippen LogP contribution in [-0.4, -0.2) is 6.10 Å². The molecule has 2 N–H and O–H groups in total. The van der Waals surface area contributed by atoms with Gasteiger partial charge in [-0.05, 0) is 50.5 Å². The third kappa shape index (κ3) is 3.02. The first-order chi connectivity index (χ1) is 9.50. The monoisotopic (exact) mass is 269 g/mol. The van der Waals surface area contributed by atoms with Crippen molar-refractivity contribution in [3.8, 4) is 5.75 Å². The summed E-state index contributed by atoms with van der Waals surface area (Å²) in [5.74, 6) is 0.873. The van der Waals surface area contributed by atoms with Crippen molar-refractivity contribution in [2.75, 3.05) is 0 Å². The molecule has 0 radical (unpaired) electrons. The van der Waals surface area contributed by atoms with Gasteiger partial charge in [0.1, 0.15) is 5.75 Å². The van der Waals surface area contributed by atoms with Crippen LogP contribution in [0, 0.1) is 13.8 Å². The second kappa shape index (κ2) is 6.10. The second-order valence-corrected chi connectivity index (χ2v) is 5.49. The van der Waals surface area contributed by atoms with Crippen LogP contribution in [0.2, 0.25) is 0 Å². The van der Waals surface area contributed by atoms with E-state index in [0.717, 1.165) is 11.3 Å². The summed E-state index contributed by atoms with van der Waals surface area (Å²) in [7, 11) is 0. The van der Waals surface area contributed by atoms with Gasteiger partial charge in [-0.1, -0.05) is 36.4 Å². The molecule has 1 atom stereocenters. The van der Waals surface area contributed by atoms with Crippen LogP contribution in [0.25, 0.3) is 0 Å². The fraction of sp³-hybridized carbons (Fsp3) is 0.333. The number of para-hydroxylation sites is 1. The number of benzene rings is 2. The van der Waals surface area contributed by atoms with E-state index < -0.39 is 0 Å². The molecule has 0 aromatic heterocycles. The Bertz CT molecular complexity index is 569. The normalized spacial score (nSPS) is 12.5. The van der Waals surface area contributed by atoms with Crippen molar-refractivity contribution < 1.29 is 4.74 Å². The minimum atomic E-state index is -0.161. The quantitative estimate of drug-likeness (QED) is 0.905. The van der Waals surface area contributed by atoms with Gasteiger partial charge >= 0.3 is 0 Å². The van der Waals surface area contributed by atoms with Crippen molar-refractivity contribution in [2.45, 2.75) is 39.8 Å². The lowest BCUT2D eigenvalue weighted by atomic mass is 9.91. The Balaban J connectivity index is 2.46. The van der Waals surface area contributed by atoms with E-state index in [1.807, 2.05) is 38.1 Å². The molecule has 2 aromatic carbocycles. The summed E-state index contributed by atoms with van der Waals surface area (Å²) < 4.78 is 5.89. The number of aryl methyl sites for hydroxylation is 2. The van der Waals surface area contributed by atoms with Crippen molar-refractivity contribution in [2.24, 2.45) is 5.73 Å². The van der Waals surface area contributed by atoms with Crippen molar-refractivity contribution in [1.29, 1.82) is 0 Å². The highest BCUT2D eigenvalue weighted by Crippen LogP contribution is 2.32. The fourth-order valence-corrected chi connectivity index (χ4v) is 2.57. The van der Waals surface area contributed by atoms with E-state index in [9.17, 15) is 0 Å². The first-order valence-electron chi connectivity index (χ1n) is 7.08. The van der Waals surface area contributed by atoms with E-state index in [1.54, 1.807) is 0 Å². The molecule has 2 rings (SSSR count). The van der Waals surface area contributed by atoms with Crippen molar-refractivity contribution >= 4 is 0 Å². The van der Waals surface area contributed by atoms with Gasteiger partial charge in [-0.15, -0.1) is 0 Å². The molecule has 2 heteroatoms. The van der Waals surface area contributed by atoms with Crippen molar-refractivity contribution in [3.05, 3.63) is 64.7 Å². The fourth-order valence-electron chi connectivity index (χ4n) is 2.57. The molecule has 0 heterocycles. The third-order valence-electron chi connectivity index (χ3n) is 3.47. The second-order valence-electron chi connectivity index (χ2n) is 5.49. The Morgan fingerprint density at radius 3 is 2.10 bits per heavy atom. The van der Waals surface area contributed by atoms with Crippen LogP contribution < -0.4 is 10.5 Å². The number of ether oxygens (including phenoxy) is 1. The SMILES string of the molecule is Cc1cccc(C)c1C(N)c1ccccc1OC(C)C. The average molecular weight is 269 g/mol. The zero-order chi connectivity index (χ0) is 14.7. The molecular weight excluding hydrogens is 246 g/mol. The maximum atomic E-state index is 6.51. The van der Waals surface area contributed by atoms with Crippen molar-refractivity contribution in [1.82, 2.24) is 0 Å². The van der Waals surface area contributed by atoms with Crippen LogP contribution in [0.4, 0.5) is 0 Å². The first kappa shape index (κ1) is 14.6. The maximum Gasteiger partial charge on any atom is 0.124 e. The minimum absolute atomic E-state index is 0.140. The summed E-state index contributed by atoms with van der Waals surface area (Å²) in [4.78, 5) is 0. The molecule has 20 heavy (non-hydrogen) atoms. The third-order valence-corrected chi connectivity index (χ3v) is 3.47. The lowest BCUT2D eigenvalue weighted by Crippen LogP contribution is -2.17. The molecule has 1 unspecified atom stereocenters. The molecule has 0 saturated carbocycles. The summed E-state index contributed by atoms with van der Waals surface area (Å²) in [6.45, 7) is 8.27. The Hall–Kier alpha value is -1.80. The molecule has 0 aliphatic heterocycles. The molecule has 106 valence electrons.